The molecule has 2 aromatic rings. The minimum absolute atomic E-state index is 0.140. The number of nitrogen functional groups attached to an aromatic ring is 1. The van der Waals surface area contributed by atoms with E-state index in [1.807, 2.05) is 36.6 Å². The molecule has 0 spiro atoms. The third kappa shape index (κ3) is 2.49. The van der Waals surface area contributed by atoms with Crippen LogP contribution in [0, 0.1) is 0 Å². The Labute approximate surface area is 104 Å². The minimum Gasteiger partial charge on any atom is -0.494 e. The van der Waals surface area contributed by atoms with Crippen molar-refractivity contribution in [2.45, 2.75) is 6.92 Å². The van der Waals surface area contributed by atoms with Crippen molar-refractivity contribution in [1.29, 1.82) is 0 Å². The number of carbonyl (C=O) groups is 1. The molecule has 18 heavy (non-hydrogen) atoms. The van der Waals surface area contributed by atoms with Gasteiger partial charge in [-0.2, -0.15) is 0 Å². The van der Waals surface area contributed by atoms with Crippen LogP contribution in [-0.2, 0) is 0 Å². The van der Waals surface area contributed by atoms with E-state index in [4.69, 9.17) is 15.1 Å². The predicted molar refractivity (Wildman–Crippen MR) is 64.8 cm³/mol. The van der Waals surface area contributed by atoms with Gasteiger partial charge in [-0.1, -0.05) is 5.16 Å². The van der Waals surface area contributed by atoms with Crippen molar-refractivity contribution in [3.63, 3.8) is 0 Å². The average Bonchev–Trinajstić information content (AvgIpc) is 2.89. The summed E-state index contributed by atoms with van der Waals surface area (Å²) in [6.45, 7) is 2.53. The Bertz CT molecular complexity index is 534. The largest absolute Gasteiger partial charge is 0.494 e. The van der Waals surface area contributed by atoms with Crippen LogP contribution >= 0.6 is 0 Å². The SMILES string of the molecule is CCOc1ccc(-c2cc(C(=O)NN)no2)cc1. The zero-order valence-corrected chi connectivity index (χ0v) is 9.84. The Morgan fingerprint density at radius 2 is 2.17 bits per heavy atom. The Hall–Kier alpha value is -2.34. The second-order valence-electron chi connectivity index (χ2n) is 3.51. The first kappa shape index (κ1) is 12.1. The number of carbonyl (C=O) groups excluding carboxylic acids is 1. The lowest BCUT2D eigenvalue weighted by molar-refractivity contribution is 0.0944. The standard InChI is InChI=1S/C12H13N3O3/c1-2-17-9-5-3-8(4-6-9)11-7-10(15-18-11)12(16)14-13/h3-7H,2,13H2,1H3,(H,14,16). The van der Waals surface area contributed by atoms with E-state index in [1.54, 1.807) is 0 Å². The van der Waals surface area contributed by atoms with Gasteiger partial charge in [0.1, 0.15) is 5.75 Å². The molecule has 0 bridgehead atoms. The Balaban J connectivity index is 2.20. The smallest absolute Gasteiger partial charge is 0.287 e. The zero-order valence-electron chi connectivity index (χ0n) is 9.84. The van der Waals surface area contributed by atoms with Crippen molar-refractivity contribution in [2.75, 3.05) is 6.61 Å². The lowest BCUT2D eigenvalue weighted by Gasteiger charge is -2.02. The van der Waals surface area contributed by atoms with Gasteiger partial charge in [-0.05, 0) is 31.2 Å². The first-order chi connectivity index (χ1) is 8.74. The quantitative estimate of drug-likeness (QED) is 0.483. The maximum Gasteiger partial charge on any atom is 0.287 e. The lowest BCUT2D eigenvalue weighted by atomic mass is 10.1. The van der Waals surface area contributed by atoms with Crippen molar-refractivity contribution in [3.05, 3.63) is 36.0 Å². The fourth-order valence-corrected chi connectivity index (χ4v) is 1.47. The monoisotopic (exact) mass is 247 g/mol. The second kappa shape index (κ2) is 5.33. The minimum atomic E-state index is -0.490. The molecule has 1 heterocycles. The van der Waals surface area contributed by atoms with Crippen LogP contribution in [0.15, 0.2) is 34.9 Å². The molecule has 1 aromatic heterocycles. The van der Waals surface area contributed by atoms with Gasteiger partial charge < -0.3 is 9.26 Å². The molecule has 0 unspecified atom stereocenters. The summed E-state index contributed by atoms with van der Waals surface area (Å²) in [5, 5.41) is 3.62. The Kier molecular flexibility index (Phi) is 3.59. The summed E-state index contributed by atoms with van der Waals surface area (Å²) in [4.78, 5) is 11.2. The highest BCUT2D eigenvalue weighted by Gasteiger charge is 2.12. The molecule has 0 aliphatic heterocycles. The van der Waals surface area contributed by atoms with Crippen LogP contribution in [0.2, 0.25) is 0 Å². The zero-order chi connectivity index (χ0) is 13.0. The highest BCUT2D eigenvalue weighted by atomic mass is 16.5. The number of aromatic nitrogens is 1. The number of hydrogen-bond donors (Lipinski definition) is 2. The Morgan fingerprint density at radius 1 is 1.44 bits per heavy atom. The van der Waals surface area contributed by atoms with Crippen molar-refractivity contribution in [2.24, 2.45) is 5.84 Å². The summed E-state index contributed by atoms with van der Waals surface area (Å²) in [6.07, 6.45) is 0. The van der Waals surface area contributed by atoms with E-state index in [2.05, 4.69) is 5.16 Å². The van der Waals surface area contributed by atoms with Crippen LogP contribution in [0.1, 0.15) is 17.4 Å². The average molecular weight is 247 g/mol. The van der Waals surface area contributed by atoms with Crippen molar-refractivity contribution in [3.8, 4) is 17.1 Å². The summed E-state index contributed by atoms with van der Waals surface area (Å²) in [6, 6.07) is 8.83. The lowest BCUT2D eigenvalue weighted by Crippen LogP contribution is -2.30. The molecule has 94 valence electrons. The molecule has 0 fully saturated rings. The third-order valence-electron chi connectivity index (χ3n) is 2.32. The van der Waals surface area contributed by atoms with Crippen molar-refractivity contribution < 1.29 is 14.1 Å². The number of nitrogens with one attached hydrogen (secondary N) is 1. The maximum atomic E-state index is 11.2. The van der Waals surface area contributed by atoms with Gasteiger partial charge in [0.15, 0.2) is 11.5 Å². The molecule has 1 aromatic carbocycles. The second-order valence-corrected chi connectivity index (χ2v) is 3.51. The number of rotatable bonds is 4. The normalized spacial score (nSPS) is 10.1. The van der Waals surface area contributed by atoms with Gasteiger partial charge in [0.2, 0.25) is 0 Å². The summed E-state index contributed by atoms with van der Waals surface area (Å²) in [5.74, 6) is 5.79. The van der Waals surface area contributed by atoms with Crippen LogP contribution in [0.5, 0.6) is 5.75 Å². The molecule has 2 rings (SSSR count). The van der Waals surface area contributed by atoms with Gasteiger partial charge in [0.25, 0.3) is 5.91 Å². The van der Waals surface area contributed by atoms with E-state index < -0.39 is 5.91 Å². The number of nitrogens with two attached hydrogens (primary N) is 1. The fraction of sp³-hybridized carbons (Fsp3) is 0.167. The van der Waals surface area contributed by atoms with Crippen LogP contribution in [0.25, 0.3) is 11.3 Å². The van der Waals surface area contributed by atoms with Gasteiger partial charge in [-0.25, -0.2) is 5.84 Å². The van der Waals surface area contributed by atoms with Crippen LogP contribution in [-0.4, -0.2) is 17.7 Å². The molecule has 0 radical (unpaired) electrons. The molecular formula is C12H13N3O3. The summed E-state index contributed by atoms with van der Waals surface area (Å²) in [7, 11) is 0. The summed E-state index contributed by atoms with van der Waals surface area (Å²) < 4.78 is 10.4. The van der Waals surface area contributed by atoms with Gasteiger partial charge >= 0.3 is 0 Å². The fourth-order valence-electron chi connectivity index (χ4n) is 1.47. The molecule has 3 N–H and O–H groups in total. The summed E-state index contributed by atoms with van der Waals surface area (Å²) >= 11 is 0. The molecule has 6 heteroatoms. The topological polar surface area (TPSA) is 90.4 Å². The van der Waals surface area contributed by atoms with E-state index in [-0.39, 0.29) is 5.69 Å². The number of benzene rings is 1. The maximum absolute atomic E-state index is 11.2. The number of ether oxygens (including phenoxy) is 1. The first-order valence-corrected chi connectivity index (χ1v) is 5.45. The first-order valence-electron chi connectivity index (χ1n) is 5.45. The predicted octanol–water partition coefficient (Wildman–Crippen LogP) is 1.34. The Morgan fingerprint density at radius 3 is 2.78 bits per heavy atom. The van der Waals surface area contributed by atoms with Crippen molar-refractivity contribution in [1.82, 2.24) is 10.6 Å². The van der Waals surface area contributed by atoms with E-state index in [9.17, 15) is 4.79 Å². The number of nitrogens with zero attached hydrogens (tertiary/aromatic N) is 1. The molecular weight excluding hydrogens is 234 g/mol. The highest BCUT2D eigenvalue weighted by molar-refractivity contribution is 5.92. The number of amides is 1. The van der Waals surface area contributed by atoms with Crippen molar-refractivity contribution >= 4 is 5.91 Å². The van der Waals surface area contributed by atoms with Gasteiger partial charge in [0.05, 0.1) is 6.61 Å². The molecule has 0 aliphatic rings. The van der Waals surface area contributed by atoms with Crippen LogP contribution in [0.4, 0.5) is 0 Å². The van der Waals surface area contributed by atoms with E-state index >= 15 is 0 Å². The molecule has 0 saturated heterocycles. The van der Waals surface area contributed by atoms with Crippen LogP contribution < -0.4 is 16.0 Å². The highest BCUT2D eigenvalue weighted by Crippen LogP contribution is 2.23. The third-order valence-corrected chi connectivity index (χ3v) is 2.32. The van der Waals surface area contributed by atoms with Crippen LogP contribution in [0.3, 0.4) is 0 Å². The molecule has 6 nitrogen and oxygen atoms in total. The molecule has 1 amide bonds. The van der Waals surface area contributed by atoms with E-state index in [1.165, 1.54) is 6.07 Å². The van der Waals surface area contributed by atoms with E-state index in [0.717, 1.165) is 11.3 Å². The van der Waals surface area contributed by atoms with Gasteiger partial charge in [0, 0.05) is 11.6 Å². The number of hydrazine groups is 1. The molecule has 0 aliphatic carbocycles. The molecule has 0 atom stereocenters. The van der Waals surface area contributed by atoms with E-state index in [0.29, 0.717) is 12.4 Å². The van der Waals surface area contributed by atoms with Gasteiger partial charge in [-0.3, -0.25) is 10.2 Å². The molecule has 0 saturated carbocycles. The van der Waals surface area contributed by atoms with Gasteiger partial charge in [-0.15, -0.1) is 0 Å². The number of hydrogen-bond acceptors (Lipinski definition) is 5. The summed E-state index contributed by atoms with van der Waals surface area (Å²) in [5.41, 5.74) is 2.94.